The molecular formula is C17H21N3O3. The van der Waals surface area contributed by atoms with Crippen LogP contribution in [-0.4, -0.2) is 42.3 Å². The van der Waals surface area contributed by atoms with Crippen molar-refractivity contribution < 1.29 is 14.4 Å². The number of rotatable bonds is 3. The van der Waals surface area contributed by atoms with Crippen LogP contribution in [0.5, 0.6) is 0 Å². The number of fused-ring (bicyclic) bond motifs is 1. The van der Waals surface area contributed by atoms with Crippen molar-refractivity contribution in [2.45, 2.75) is 26.3 Å². The summed E-state index contributed by atoms with van der Waals surface area (Å²) in [5.74, 6) is -0.522. The van der Waals surface area contributed by atoms with Crippen molar-refractivity contribution in [2.24, 2.45) is 17.1 Å². The number of hydrogen-bond acceptors (Lipinski definition) is 4. The molecule has 1 aliphatic heterocycles. The van der Waals surface area contributed by atoms with Gasteiger partial charge >= 0.3 is 0 Å². The Labute approximate surface area is 135 Å². The second-order valence-corrected chi connectivity index (χ2v) is 6.95. The molecule has 1 aromatic carbocycles. The van der Waals surface area contributed by atoms with Gasteiger partial charge in [0.05, 0.1) is 11.1 Å². The lowest BCUT2D eigenvalue weighted by Gasteiger charge is -2.52. The molecule has 0 aromatic heterocycles. The number of benzene rings is 1. The number of amides is 3. The number of nitrogens with zero attached hydrogens (tertiary/aromatic N) is 1. The van der Waals surface area contributed by atoms with E-state index in [1.165, 1.54) is 13.1 Å². The van der Waals surface area contributed by atoms with Gasteiger partial charge in [0, 0.05) is 18.7 Å². The van der Waals surface area contributed by atoms with Crippen molar-refractivity contribution in [1.82, 2.24) is 10.2 Å². The Kier molecular flexibility index (Phi) is 3.52. The highest BCUT2D eigenvalue weighted by Gasteiger charge is 2.47. The summed E-state index contributed by atoms with van der Waals surface area (Å²) in [6, 6.07) is 4.70. The normalized spacial score (nSPS) is 25.1. The second-order valence-electron chi connectivity index (χ2n) is 6.95. The molecule has 3 N–H and O–H groups in total. The third-order valence-corrected chi connectivity index (χ3v) is 5.41. The monoisotopic (exact) mass is 315 g/mol. The molecule has 0 bridgehead atoms. The van der Waals surface area contributed by atoms with Crippen LogP contribution in [0.1, 0.15) is 51.3 Å². The first kappa shape index (κ1) is 15.7. The lowest BCUT2D eigenvalue weighted by atomic mass is 9.58. The SMILES string of the molecule is CN1C(=O)c2ccc(C(=O)NC3CC(CN)C3(C)C)cc2C1=O. The molecule has 3 rings (SSSR count). The highest BCUT2D eigenvalue weighted by Crippen LogP contribution is 2.45. The van der Waals surface area contributed by atoms with Gasteiger partial charge in [0.15, 0.2) is 0 Å². The third-order valence-electron chi connectivity index (χ3n) is 5.41. The van der Waals surface area contributed by atoms with Crippen molar-refractivity contribution in [3.63, 3.8) is 0 Å². The highest BCUT2D eigenvalue weighted by atomic mass is 16.2. The number of hydrogen-bond donors (Lipinski definition) is 2. The van der Waals surface area contributed by atoms with Crippen LogP contribution >= 0.6 is 0 Å². The van der Waals surface area contributed by atoms with Gasteiger partial charge in [-0.2, -0.15) is 0 Å². The van der Waals surface area contributed by atoms with E-state index >= 15 is 0 Å². The molecule has 1 fully saturated rings. The van der Waals surface area contributed by atoms with Gasteiger partial charge in [0.25, 0.3) is 17.7 Å². The molecule has 122 valence electrons. The molecule has 0 radical (unpaired) electrons. The van der Waals surface area contributed by atoms with E-state index in [1.807, 2.05) is 0 Å². The lowest BCUT2D eigenvalue weighted by molar-refractivity contribution is 0.0200. The molecule has 2 atom stereocenters. The number of carbonyl (C=O) groups excluding carboxylic acids is 3. The molecule has 23 heavy (non-hydrogen) atoms. The van der Waals surface area contributed by atoms with Crippen LogP contribution in [0, 0.1) is 11.3 Å². The maximum absolute atomic E-state index is 12.4. The number of carbonyl (C=O) groups is 3. The van der Waals surface area contributed by atoms with Crippen LogP contribution in [0.4, 0.5) is 0 Å². The second kappa shape index (κ2) is 5.16. The predicted molar refractivity (Wildman–Crippen MR) is 85.1 cm³/mol. The summed E-state index contributed by atoms with van der Waals surface area (Å²) in [5.41, 5.74) is 6.73. The van der Waals surface area contributed by atoms with E-state index in [0.29, 0.717) is 23.6 Å². The summed E-state index contributed by atoms with van der Waals surface area (Å²) in [7, 11) is 1.44. The summed E-state index contributed by atoms with van der Waals surface area (Å²) >= 11 is 0. The van der Waals surface area contributed by atoms with E-state index in [-0.39, 0.29) is 34.7 Å². The minimum atomic E-state index is -0.369. The number of imide groups is 1. The van der Waals surface area contributed by atoms with Gasteiger partial charge in [-0.15, -0.1) is 0 Å². The average Bonchev–Trinajstić information content (AvgIpc) is 2.75. The standard InChI is InChI=1S/C17H21N3O3/c1-17(2)10(8-18)7-13(17)19-14(21)9-4-5-11-12(6-9)16(23)20(3)15(11)22/h4-6,10,13H,7-8,18H2,1-3H3,(H,19,21). The topological polar surface area (TPSA) is 92.5 Å². The van der Waals surface area contributed by atoms with E-state index in [9.17, 15) is 14.4 Å². The van der Waals surface area contributed by atoms with Crippen LogP contribution in [0.3, 0.4) is 0 Å². The summed E-state index contributed by atoms with van der Waals surface area (Å²) in [4.78, 5) is 37.4. The largest absolute Gasteiger partial charge is 0.349 e. The van der Waals surface area contributed by atoms with Crippen molar-refractivity contribution in [3.05, 3.63) is 34.9 Å². The summed E-state index contributed by atoms with van der Waals surface area (Å²) in [6.45, 7) is 4.80. The predicted octanol–water partition coefficient (Wildman–Crippen LogP) is 1.02. The summed E-state index contributed by atoms with van der Waals surface area (Å²) in [5, 5.41) is 3.01. The molecule has 6 nitrogen and oxygen atoms in total. The minimum Gasteiger partial charge on any atom is -0.349 e. The van der Waals surface area contributed by atoms with E-state index < -0.39 is 0 Å². The minimum absolute atomic E-state index is 0.0346. The van der Waals surface area contributed by atoms with Crippen molar-refractivity contribution in [1.29, 1.82) is 0 Å². The molecule has 2 unspecified atom stereocenters. The van der Waals surface area contributed by atoms with Crippen LogP contribution < -0.4 is 11.1 Å². The maximum Gasteiger partial charge on any atom is 0.261 e. The first-order valence-corrected chi connectivity index (χ1v) is 7.74. The van der Waals surface area contributed by atoms with E-state index in [0.717, 1.165) is 11.3 Å². The Hall–Kier alpha value is -2.21. The smallest absolute Gasteiger partial charge is 0.261 e. The maximum atomic E-state index is 12.4. The van der Waals surface area contributed by atoms with Crippen LogP contribution in [0.25, 0.3) is 0 Å². The first-order chi connectivity index (χ1) is 10.8. The molecule has 0 spiro atoms. The fourth-order valence-electron chi connectivity index (χ4n) is 3.41. The molecule has 1 aromatic rings. The quantitative estimate of drug-likeness (QED) is 0.814. The average molecular weight is 315 g/mol. The Bertz CT molecular complexity index is 711. The fourth-order valence-corrected chi connectivity index (χ4v) is 3.41. The summed E-state index contributed by atoms with van der Waals surface area (Å²) < 4.78 is 0. The van der Waals surface area contributed by atoms with E-state index in [2.05, 4.69) is 19.2 Å². The zero-order valence-electron chi connectivity index (χ0n) is 13.6. The van der Waals surface area contributed by atoms with Crippen LogP contribution in [0.15, 0.2) is 18.2 Å². The zero-order chi connectivity index (χ0) is 16.9. The Morgan fingerprint density at radius 1 is 1.30 bits per heavy atom. The summed E-state index contributed by atoms with van der Waals surface area (Å²) in [6.07, 6.45) is 0.861. The van der Waals surface area contributed by atoms with Gasteiger partial charge in [-0.25, -0.2) is 0 Å². The van der Waals surface area contributed by atoms with Crippen LogP contribution in [-0.2, 0) is 0 Å². The lowest BCUT2D eigenvalue weighted by Crippen LogP contribution is -2.60. The molecular weight excluding hydrogens is 294 g/mol. The van der Waals surface area contributed by atoms with Crippen molar-refractivity contribution in [2.75, 3.05) is 13.6 Å². The van der Waals surface area contributed by atoms with Gasteiger partial charge < -0.3 is 11.1 Å². The first-order valence-electron chi connectivity index (χ1n) is 7.74. The van der Waals surface area contributed by atoms with Gasteiger partial charge in [0.2, 0.25) is 0 Å². The number of nitrogens with two attached hydrogens (primary N) is 1. The Balaban J connectivity index is 1.78. The van der Waals surface area contributed by atoms with Crippen LogP contribution in [0.2, 0.25) is 0 Å². The van der Waals surface area contributed by atoms with Gasteiger partial charge in [-0.1, -0.05) is 13.8 Å². The van der Waals surface area contributed by atoms with Gasteiger partial charge in [0.1, 0.15) is 0 Å². The molecule has 1 aliphatic carbocycles. The molecule has 3 amide bonds. The third kappa shape index (κ3) is 2.25. The highest BCUT2D eigenvalue weighted by molar-refractivity contribution is 6.21. The molecule has 1 heterocycles. The fraction of sp³-hybridized carbons (Fsp3) is 0.471. The zero-order valence-corrected chi connectivity index (χ0v) is 13.6. The van der Waals surface area contributed by atoms with Crippen molar-refractivity contribution in [3.8, 4) is 0 Å². The molecule has 1 saturated carbocycles. The van der Waals surface area contributed by atoms with E-state index in [4.69, 9.17) is 5.73 Å². The molecule has 0 saturated heterocycles. The molecule has 6 heteroatoms. The van der Waals surface area contributed by atoms with E-state index in [1.54, 1.807) is 12.1 Å². The van der Waals surface area contributed by atoms with Gasteiger partial charge in [-0.05, 0) is 42.5 Å². The Morgan fingerprint density at radius 2 is 1.96 bits per heavy atom. The molecule has 2 aliphatic rings. The van der Waals surface area contributed by atoms with Gasteiger partial charge in [-0.3, -0.25) is 19.3 Å². The number of nitrogens with one attached hydrogen (secondary N) is 1. The Morgan fingerprint density at radius 3 is 2.57 bits per heavy atom. The van der Waals surface area contributed by atoms with Crippen molar-refractivity contribution >= 4 is 17.7 Å².